The minimum Gasteiger partial charge on any atom is -0.387 e. The summed E-state index contributed by atoms with van der Waals surface area (Å²) in [5.41, 5.74) is -0.775. The largest absolute Gasteiger partial charge is 0.387 e. The van der Waals surface area contributed by atoms with Gasteiger partial charge in [0.25, 0.3) is 0 Å². The first-order valence-electron chi connectivity index (χ1n) is 6.02. The number of nitrogens with zero attached hydrogens (tertiary/aromatic N) is 1. The Morgan fingerprint density at radius 1 is 1.39 bits per heavy atom. The molecule has 1 saturated carbocycles. The zero-order chi connectivity index (χ0) is 13.3. The van der Waals surface area contributed by atoms with Crippen molar-refractivity contribution in [1.82, 2.24) is 0 Å². The standard InChI is InChI=1S/C14H15F2NO/c1-9-2-3-14(7-9,8-17)13(18)10-4-11(15)6-12(16)5-10/h4-6,9,13,18H,2-3,7H2,1H3. The minimum atomic E-state index is -1.14. The lowest BCUT2D eigenvalue weighted by atomic mass is 9.78. The van der Waals surface area contributed by atoms with Gasteiger partial charge < -0.3 is 5.11 Å². The predicted octanol–water partition coefficient (Wildman–Crippen LogP) is 3.33. The Morgan fingerprint density at radius 2 is 2.00 bits per heavy atom. The number of rotatable bonds is 2. The van der Waals surface area contributed by atoms with Crippen LogP contribution in [-0.2, 0) is 0 Å². The van der Waals surface area contributed by atoms with E-state index in [2.05, 4.69) is 6.07 Å². The fourth-order valence-electron chi connectivity index (χ4n) is 2.79. The number of aliphatic hydroxyl groups excluding tert-OH is 1. The molecule has 3 unspecified atom stereocenters. The molecule has 1 aromatic rings. The molecule has 0 amide bonds. The van der Waals surface area contributed by atoms with Gasteiger partial charge in [-0.15, -0.1) is 0 Å². The third-order valence-electron chi connectivity index (χ3n) is 3.74. The predicted molar refractivity (Wildman–Crippen MR) is 62.4 cm³/mol. The average molecular weight is 251 g/mol. The van der Waals surface area contributed by atoms with E-state index in [-0.39, 0.29) is 5.56 Å². The minimum absolute atomic E-state index is 0.142. The van der Waals surface area contributed by atoms with Crippen LogP contribution in [-0.4, -0.2) is 5.11 Å². The van der Waals surface area contributed by atoms with Crippen LogP contribution < -0.4 is 0 Å². The van der Waals surface area contributed by atoms with Crippen LogP contribution in [0.5, 0.6) is 0 Å². The summed E-state index contributed by atoms with van der Waals surface area (Å²) in [6, 6.07) is 5.09. The molecule has 1 aliphatic carbocycles. The molecule has 0 heterocycles. The molecular formula is C14H15F2NO. The van der Waals surface area contributed by atoms with E-state index < -0.39 is 23.2 Å². The fraction of sp³-hybridized carbons (Fsp3) is 0.500. The van der Waals surface area contributed by atoms with Gasteiger partial charge in [0, 0.05) is 6.07 Å². The van der Waals surface area contributed by atoms with Gasteiger partial charge in [0.1, 0.15) is 11.6 Å². The highest BCUT2D eigenvalue weighted by Gasteiger charge is 2.44. The first-order valence-corrected chi connectivity index (χ1v) is 6.02. The molecule has 2 rings (SSSR count). The van der Waals surface area contributed by atoms with E-state index in [4.69, 9.17) is 0 Å². The molecule has 0 aliphatic heterocycles. The van der Waals surface area contributed by atoms with Crippen molar-refractivity contribution >= 4 is 0 Å². The normalized spacial score (nSPS) is 28.9. The Morgan fingerprint density at radius 3 is 2.44 bits per heavy atom. The third-order valence-corrected chi connectivity index (χ3v) is 3.74. The maximum absolute atomic E-state index is 13.1. The van der Waals surface area contributed by atoms with Crippen molar-refractivity contribution in [2.45, 2.75) is 32.3 Å². The molecule has 4 heteroatoms. The average Bonchev–Trinajstić information content (AvgIpc) is 2.70. The van der Waals surface area contributed by atoms with Crippen LogP contribution in [0, 0.1) is 34.3 Å². The van der Waals surface area contributed by atoms with Gasteiger partial charge in [0.2, 0.25) is 0 Å². The lowest BCUT2D eigenvalue weighted by Crippen LogP contribution is -2.24. The molecule has 1 aromatic carbocycles. The molecule has 2 nitrogen and oxygen atoms in total. The lowest BCUT2D eigenvalue weighted by Gasteiger charge is -2.27. The number of nitriles is 1. The summed E-state index contributed by atoms with van der Waals surface area (Å²) in [6.07, 6.45) is 0.826. The van der Waals surface area contributed by atoms with E-state index in [0.717, 1.165) is 24.6 Å². The van der Waals surface area contributed by atoms with Gasteiger partial charge in [-0.1, -0.05) is 6.92 Å². The second-order valence-electron chi connectivity index (χ2n) is 5.22. The molecule has 1 fully saturated rings. The Balaban J connectivity index is 2.35. The number of halogens is 2. The molecule has 0 aromatic heterocycles. The van der Waals surface area contributed by atoms with Crippen LogP contribution in [0.1, 0.15) is 37.9 Å². The SMILES string of the molecule is CC1CCC(C#N)(C(O)c2cc(F)cc(F)c2)C1. The summed E-state index contributed by atoms with van der Waals surface area (Å²) in [7, 11) is 0. The van der Waals surface area contributed by atoms with Crippen LogP contribution >= 0.6 is 0 Å². The van der Waals surface area contributed by atoms with E-state index >= 15 is 0 Å². The van der Waals surface area contributed by atoms with Gasteiger partial charge in [-0.05, 0) is 42.9 Å². The van der Waals surface area contributed by atoms with Crippen molar-refractivity contribution in [3.8, 4) is 6.07 Å². The van der Waals surface area contributed by atoms with Gasteiger partial charge in [-0.3, -0.25) is 0 Å². The van der Waals surface area contributed by atoms with Crippen LogP contribution in [0.3, 0.4) is 0 Å². The highest BCUT2D eigenvalue weighted by atomic mass is 19.1. The van der Waals surface area contributed by atoms with E-state index in [9.17, 15) is 19.1 Å². The van der Waals surface area contributed by atoms with Crippen molar-refractivity contribution in [3.05, 3.63) is 35.4 Å². The molecular weight excluding hydrogens is 236 g/mol. The molecule has 18 heavy (non-hydrogen) atoms. The van der Waals surface area contributed by atoms with Gasteiger partial charge in [-0.25, -0.2) is 8.78 Å². The summed E-state index contributed by atoms with van der Waals surface area (Å²) >= 11 is 0. The molecule has 96 valence electrons. The second-order valence-corrected chi connectivity index (χ2v) is 5.22. The topological polar surface area (TPSA) is 44.0 Å². The first-order chi connectivity index (χ1) is 8.47. The number of benzene rings is 1. The monoisotopic (exact) mass is 251 g/mol. The highest BCUT2D eigenvalue weighted by Crippen LogP contribution is 2.49. The van der Waals surface area contributed by atoms with E-state index in [1.165, 1.54) is 0 Å². The zero-order valence-corrected chi connectivity index (χ0v) is 10.2. The van der Waals surface area contributed by atoms with Crippen molar-refractivity contribution in [2.75, 3.05) is 0 Å². The second kappa shape index (κ2) is 4.66. The van der Waals surface area contributed by atoms with Crippen molar-refractivity contribution in [3.63, 3.8) is 0 Å². The Kier molecular flexibility index (Phi) is 3.36. The van der Waals surface area contributed by atoms with Gasteiger partial charge in [-0.2, -0.15) is 5.26 Å². The highest BCUT2D eigenvalue weighted by molar-refractivity contribution is 5.25. The van der Waals surface area contributed by atoms with Crippen LogP contribution in [0.4, 0.5) is 8.78 Å². The van der Waals surface area contributed by atoms with Crippen molar-refractivity contribution in [1.29, 1.82) is 5.26 Å². The summed E-state index contributed by atoms with van der Waals surface area (Å²) < 4.78 is 26.3. The first kappa shape index (κ1) is 13.0. The van der Waals surface area contributed by atoms with Crippen LogP contribution in [0.2, 0.25) is 0 Å². The van der Waals surface area contributed by atoms with Crippen molar-refractivity contribution < 1.29 is 13.9 Å². The molecule has 0 spiro atoms. The molecule has 1 N–H and O–H groups in total. The summed E-state index contributed by atoms with van der Waals surface area (Å²) in [6.45, 7) is 2.01. The van der Waals surface area contributed by atoms with Gasteiger partial charge >= 0.3 is 0 Å². The molecule has 0 bridgehead atoms. The summed E-state index contributed by atoms with van der Waals surface area (Å²) in [4.78, 5) is 0. The number of hydrogen-bond donors (Lipinski definition) is 1. The fourth-order valence-corrected chi connectivity index (χ4v) is 2.79. The van der Waals surface area contributed by atoms with E-state index in [1.54, 1.807) is 0 Å². The quantitative estimate of drug-likeness (QED) is 0.876. The molecule has 0 saturated heterocycles. The zero-order valence-electron chi connectivity index (χ0n) is 10.2. The van der Waals surface area contributed by atoms with Gasteiger partial charge in [0.15, 0.2) is 0 Å². The molecule has 3 atom stereocenters. The van der Waals surface area contributed by atoms with Crippen LogP contribution in [0.25, 0.3) is 0 Å². The number of hydrogen-bond acceptors (Lipinski definition) is 2. The summed E-state index contributed by atoms with van der Waals surface area (Å²) in [5, 5.41) is 19.6. The Hall–Kier alpha value is -1.47. The number of aliphatic hydroxyl groups is 1. The Bertz CT molecular complexity index is 477. The Labute approximate surface area is 105 Å². The third kappa shape index (κ3) is 2.23. The lowest BCUT2D eigenvalue weighted by molar-refractivity contribution is 0.0641. The van der Waals surface area contributed by atoms with E-state index in [0.29, 0.717) is 18.8 Å². The smallest absolute Gasteiger partial charge is 0.126 e. The van der Waals surface area contributed by atoms with E-state index in [1.807, 2.05) is 6.92 Å². The summed E-state index contributed by atoms with van der Waals surface area (Å²) in [5.74, 6) is -1.12. The van der Waals surface area contributed by atoms with Gasteiger partial charge in [0.05, 0.1) is 17.6 Å². The van der Waals surface area contributed by atoms with Crippen molar-refractivity contribution in [2.24, 2.45) is 11.3 Å². The maximum Gasteiger partial charge on any atom is 0.126 e. The maximum atomic E-state index is 13.1. The molecule has 0 radical (unpaired) electrons. The van der Waals surface area contributed by atoms with Crippen LogP contribution in [0.15, 0.2) is 18.2 Å². The molecule has 1 aliphatic rings.